The summed E-state index contributed by atoms with van der Waals surface area (Å²) in [6.45, 7) is 0.631. The Balaban J connectivity index is 2.38. The van der Waals surface area contributed by atoms with Crippen LogP contribution in [0, 0.1) is 0 Å². The summed E-state index contributed by atoms with van der Waals surface area (Å²) < 4.78 is 10.3. The van der Waals surface area contributed by atoms with E-state index in [1.165, 1.54) is 0 Å². The van der Waals surface area contributed by atoms with E-state index in [1.807, 2.05) is 24.3 Å². The molecular formula is C9H8O2. The van der Waals surface area contributed by atoms with Crippen molar-refractivity contribution in [2.45, 2.75) is 0 Å². The predicted octanol–water partition coefficient (Wildman–Crippen LogP) is 1.88. The maximum atomic E-state index is 5.30. The van der Waals surface area contributed by atoms with Crippen molar-refractivity contribution in [3.8, 4) is 0 Å². The standard InChI is InChI=1S/C9H8O2/c1-3-8-4-2-6-11-9(8)7-10-5-1/h1-5,7H,6H2. The summed E-state index contributed by atoms with van der Waals surface area (Å²) in [6, 6.07) is 0. The lowest BCUT2D eigenvalue weighted by Gasteiger charge is -2.12. The number of rotatable bonds is 0. The molecular weight excluding hydrogens is 140 g/mol. The highest BCUT2D eigenvalue weighted by atomic mass is 16.5. The van der Waals surface area contributed by atoms with Crippen LogP contribution in [0.5, 0.6) is 0 Å². The van der Waals surface area contributed by atoms with E-state index in [0.29, 0.717) is 6.61 Å². The minimum Gasteiger partial charge on any atom is -0.486 e. The number of fused-ring (bicyclic) bond motifs is 1. The molecule has 11 heavy (non-hydrogen) atoms. The zero-order chi connectivity index (χ0) is 7.52. The highest BCUT2D eigenvalue weighted by molar-refractivity contribution is 5.40. The van der Waals surface area contributed by atoms with Gasteiger partial charge in [-0.25, -0.2) is 0 Å². The van der Waals surface area contributed by atoms with Crippen molar-refractivity contribution < 1.29 is 9.47 Å². The molecule has 0 bridgehead atoms. The molecule has 0 spiro atoms. The smallest absolute Gasteiger partial charge is 0.161 e. The topological polar surface area (TPSA) is 18.5 Å². The minimum absolute atomic E-state index is 0.631. The lowest BCUT2D eigenvalue weighted by Crippen LogP contribution is -2.00. The summed E-state index contributed by atoms with van der Waals surface area (Å²) in [5.74, 6) is 0.803. The first-order chi connectivity index (χ1) is 5.47. The Morgan fingerprint density at radius 3 is 3.36 bits per heavy atom. The van der Waals surface area contributed by atoms with Gasteiger partial charge in [0, 0.05) is 5.57 Å². The Labute approximate surface area is 65.1 Å². The fraction of sp³-hybridized carbons (Fsp3) is 0.111. The van der Waals surface area contributed by atoms with E-state index in [9.17, 15) is 0 Å². The number of hydrogen-bond acceptors (Lipinski definition) is 2. The zero-order valence-corrected chi connectivity index (χ0v) is 5.99. The van der Waals surface area contributed by atoms with Gasteiger partial charge < -0.3 is 9.47 Å². The largest absolute Gasteiger partial charge is 0.486 e. The monoisotopic (exact) mass is 148 g/mol. The van der Waals surface area contributed by atoms with Gasteiger partial charge in [0.25, 0.3) is 0 Å². The van der Waals surface area contributed by atoms with E-state index >= 15 is 0 Å². The van der Waals surface area contributed by atoms with E-state index in [1.54, 1.807) is 12.5 Å². The van der Waals surface area contributed by atoms with Crippen LogP contribution in [0.2, 0.25) is 0 Å². The van der Waals surface area contributed by atoms with Crippen LogP contribution < -0.4 is 0 Å². The summed E-state index contributed by atoms with van der Waals surface area (Å²) in [5, 5.41) is 0. The second kappa shape index (κ2) is 2.66. The SMILES string of the molecule is C1=COC=C2OCC=CC2=C1. The van der Waals surface area contributed by atoms with E-state index < -0.39 is 0 Å². The molecule has 0 fully saturated rings. The van der Waals surface area contributed by atoms with Crippen molar-refractivity contribution in [1.82, 2.24) is 0 Å². The average molecular weight is 148 g/mol. The van der Waals surface area contributed by atoms with Crippen LogP contribution in [-0.4, -0.2) is 6.61 Å². The van der Waals surface area contributed by atoms with Gasteiger partial charge in [0.05, 0.1) is 6.26 Å². The molecule has 0 saturated carbocycles. The van der Waals surface area contributed by atoms with E-state index in [2.05, 4.69) is 0 Å². The summed E-state index contributed by atoms with van der Waals surface area (Å²) >= 11 is 0. The molecule has 2 nitrogen and oxygen atoms in total. The van der Waals surface area contributed by atoms with Gasteiger partial charge in [0.2, 0.25) is 0 Å². The Bertz CT molecular complexity index is 269. The third kappa shape index (κ3) is 1.19. The molecule has 2 aliphatic rings. The fourth-order valence-electron chi connectivity index (χ4n) is 1.01. The summed E-state index contributed by atoms with van der Waals surface area (Å²) in [6.07, 6.45) is 11.0. The van der Waals surface area contributed by atoms with Gasteiger partial charge in [-0.2, -0.15) is 0 Å². The van der Waals surface area contributed by atoms with Crippen LogP contribution in [0.3, 0.4) is 0 Å². The first-order valence-corrected chi connectivity index (χ1v) is 3.49. The highest BCUT2D eigenvalue weighted by Crippen LogP contribution is 2.19. The van der Waals surface area contributed by atoms with Crippen molar-refractivity contribution >= 4 is 0 Å². The molecule has 0 amide bonds. The molecule has 2 heteroatoms. The Morgan fingerprint density at radius 1 is 1.36 bits per heavy atom. The van der Waals surface area contributed by atoms with Gasteiger partial charge in [-0.1, -0.05) is 6.08 Å². The van der Waals surface area contributed by atoms with Crippen LogP contribution in [0.4, 0.5) is 0 Å². The van der Waals surface area contributed by atoms with E-state index in [4.69, 9.17) is 9.47 Å². The molecule has 0 aromatic rings. The van der Waals surface area contributed by atoms with Crippen LogP contribution in [0.15, 0.2) is 48.2 Å². The lowest BCUT2D eigenvalue weighted by atomic mass is 10.1. The molecule has 0 aliphatic carbocycles. The Hall–Kier alpha value is -1.44. The molecule has 0 unspecified atom stereocenters. The van der Waals surface area contributed by atoms with Gasteiger partial charge in [0.15, 0.2) is 5.76 Å². The maximum Gasteiger partial charge on any atom is 0.161 e. The van der Waals surface area contributed by atoms with Crippen LogP contribution >= 0.6 is 0 Å². The third-order valence-electron chi connectivity index (χ3n) is 1.52. The predicted molar refractivity (Wildman–Crippen MR) is 41.5 cm³/mol. The van der Waals surface area contributed by atoms with Crippen molar-refractivity contribution in [2.24, 2.45) is 0 Å². The first-order valence-electron chi connectivity index (χ1n) is 3.49. The third-order valence-corrected chi connectivity index (χ3v) is 1.52. The molecule has 0 N–H and O–H groups in total. The van der Waals surface area contributed by atoms with Gasteiger partial charge in [-0.15, -0.1) is 0 Å². The van der Waals surface area contributed by atoms with Crippen LogP contribution in [0.1, 0.15) is 0 Å². The summed E-state index contributed by atoms with van der Waals surface area (Å²) in [5.41, 5.74) is 1.06. The normalized spacial score (nSPS) is 20.4. The highest BCUT2D eigenvalue weighted by Gasteiger charge is 2.08. The van der Waals surface area contributed by atoms with E-state index in [0.717, 1.165) is 11.3 Å². The number of allylic oxidation sites excluding steroid dienone is 3. The molecule has 2 heterocycles. The number of ether oxygens (including phenoxy) is 2. The van der Waals surface area contributed by atoms with Gasteiger partial charge in [-0.3, -0.25) is 0 Å². The second-order valence-corrected chi connectivity index (χ2v) is 2.28. The molecule has 56 valence electrons. The van der Waals surface area contributed by atoms with Gasteiger partial charge >= 0.3 is 0 Å². The zero-order valence-electron chi connectivity index (χ0n) is 5.99. The maximum absolute atomic E-state index is 5.30. The molecule has 0 atom stereocenters. The first kappa shape index (κ1) is 6.28. The van der Waals surface area contributed by atoms with Crippen molar-refractivity contribution in [3.63, 3.8) is 0 Å². The van der Waals surface area contributed by atoms with Crippen molar-refractivity contribution in [1.29, 1.82) is 0 Å². The van der Waals surface area contributed by atoms with Crippen LogP contribution in [-0.2, 0) is 9.47 Å². The minimum atomic E-state index is 0.631. The molecule has 2 rings (SSSR count). The Kier molecular flexibility index (Phi) is 1.52. The molecule has 0 aromatic heterocycles. The summed E-state index contributed by atoms with van der Waals surface area (Å²) in [4.78, 5) is 0. The molecule has 2 aliphatic heterocycles. The molecule has 0 radical (unpaired) electrons. The van der Waals surface area contributed by atoms with Crippen LogP contribution in [0.25, 0.3) is 0 Å². The quantitative estimate of drug-likeness (QED) is 0.522. The Morgan fingerprint density at radius 2 is 2.36 bits per heavy atom. The van der Waals surface area contributed by atoms with Crippen molar-refractivity contribution in [2.75, 3.05) is 6.61 Å². The molecule has 0 aromatic carbocycles. The number of hydrogen-bond donors (Lipinski definition) is 0. The summed E-state index contributed by atoms with van der Waals surface area (Å²) in [7, 11) is 0. The van der Waals surface area contributed by atoms with Crippen molar-refractivity contribution in [3.05, 3.63) is 48.2 Å². The lowest BCUT2D eigenvalue weighted by molar-refractivity contribution is 0.234. The second-order valence-electron chi connectivity index (χ2n) is 2.28. The molecule has 0 saturated heterocycles. The average Bonchev–Trinajstić information content (AvgIpc) is 2.28. The van der Waals surface area contributed by atoms with Gasteiger partial charge in [-0.05, 0) is 18.2 Å². The van der Waals surface area contributed by atoms with Gasteiger partial charge in [0.1, 0.15) is 12.9 Å². The van der Waals surface area contributed by atoms with E-state index in [-0.39, 0.29) is 0 Å². The fourth-order valence-corrected chi connectivity index (χ4v) is 1.01.